The fourth-order valence-corrected chi connectivity index (χ4v) is 3.23. The fraction of sp³-hybridized carbons (Fsp3) is 0.350. The molecule has 0 radical (unpaired) electrons. The second-order valence-electron chi connectivity index (χ2n) is 6.26. The van der Waals surface area contributed by atoms with Crippen LogP contribution in [-0.2, 0) is 0 Å². The highest BCUT2D eigenvalue weighted by Crippen LogP contribution is 2.36. The lowest BCUT2D eigenvalue weighted by Crippen LogP contribution is -2.33. The van der Waals surface area contributed by atoms with Crippen molar-refractivity contribution >= 4 is 23.8 Å². The Morgan fingerprint density at radius 1 is 1.18 bits per heavy atom. The van der Waals surface area contributed by atoms with E-state index in [-0.39, 0.29) is 5.75 Å². The van der Waals surface area contributed by atoms with Crippen LogP contribution in [0.4, 0.5) is 23.2 Å². The Morgan fingerprint density at radius 2 is 1.89 bits per heavy atom. The number of ether oxygens (including phenoxy) is 1. The molecule has 0 saturated carbocycles. The van der Waals surface area contributed by atoms with Crippen LogP contribution in [0.15, 0.2) is 51.2 Å². The van der Waals surface area contributed by atoms with Gasteiger partial charge < -0.3 is 9.64 Å². The summed E-state index contributed by atoms with van der Waals surface area (Å²) in [5.74, 6) is -0.312. The minimum absolute atomic E-state index is 0.312. The normalized spacial score (nSPS) is 12.0. The standard InChI is InChI=1S/C20H22F4N2OS/c1-5-26(4)12-25-17-9-14(3)18(10-13(17)2)28-16-8-6-7-15(11-16)27-20(23,24)19(21)22/h6-12,19H,5H2,1-4H3/b25-12+. The van der Waals surface area contributed by atoms with E-state index in [0.29, 0.717) is 4.90 Å². The van der Waals surface area contributed by atoms with E-state index in [1.807, 2.05) is 44.9 Å². The monoisotopic (exact) mass is 414 g/mol. The van der Waals surface area contributed by atoms with Crippen LogP contribution in [0.1, 0.15) is 18.1 Å². The Morgan fingerprint density at radius 3 is 2.54 bits per heavy atom. The number of aliphatic imine (C=N–C) groups is 1. The molecular formula is C20H22F4N2OS. The van der Waals surface area contributed by atoms with Gasteiger partial charge in [0.1, 0.15) is 5.75 Å². The average Bonchev–Trinajstić information content (AvgIpc) is 2.62. The highest BCUT2D eigenvalue weighted by atomic mass is 32.2. The molecule has 2 aromatic carbocycles. The Labute approximate surface area is 166 Å². The first-order valence-electron chi connectivity index (χ1n) is 8.61. The molecule has 0 heterocycles. The largest absolute Gasteiger partial charge is 0.461 e. The van der Waals surface area contributed by atoms with Crippen molar-refractivity contribution < 1.29 is 22.3 Å². The molecule has 0 aromatic heterocycles. The van der Waals surface area contributed by atoms with E-state index in [1.54, 1.807) is 12.4 Å². The van der Waals surface area contributed by atoms with Gasteiger partial charge in [0, 0.05) is 23.4 Å². The second kappa shape index (κ2) is 9.32. The number of aryl methyl sites for hydroxylation is 2. The number of benzene rings is 2. The van der Waals surface area contributed by atoms with E-state index < -0.39 is 12.5 Å². The lowest BCUT2D eigenvalue weighted by atomic mass is 10.1. The molecular weight excluding hydrogens is 392 g/mol. The van der Waals surface area contributed by atoms with E-state index in [9.17, 15) is 17.6 Å². The molecule has 0 unspecified atom stereocenters. The van der Waals surface area contributed by atoms with Crippen molar-refractivity contribution in [3.63, 3.8) is 0 Å². The van der Waals surface area contributed by atoms with Crippen LogP contribution in [0, 0.1) is 13.8 Å². The van der Waals surface area contributed by atoms with Crippen molar-refractivity contribution in [1.82, 2.24) is 4.90 Å². The number of hydrogen-bond acceptors (Lipinski definition) is 3. The van der Waals surface area contributed by atoms with Crippen molar-refractivity contribution in [2.24, 2.45) is 4.99 Å². The number of nitrogens with zero attached hydrogens (tertiary/aromatic N) is 2. The summed E-state index contributed by atoms with van der Waals surface area (Å²) in [6, 6.07) is 9.64. The highest BCUT2D eigenvalue weighted by Gasteiger charge is 2.43. The lowest BCUT2D eigenvalue weighted by Gasteiger charge is -2.17. The molecule has 0 aliphatic rings. The van der Waals surface area contributed by atoms with Gasteiger partial charge >= 0.3 is 12.5 Å². The summed E-state index contributed by atoms with van der Waals surface area (Å²) in [6.45, 7) is 6.73. The molecule has 0 atom stereocenters. The number of hydrogen-bond donors (Lipinski definition) is 0. The average molecular weight is 414 g/mol. The SMILES string of the molecule is CCN(C)/C=N/c1cc(C)c(Sc2cccc(OC(F)(F)C(F)F)c2)cc1C. The molecule has 152 valence electrons. The summed E-state index contributed by atoms with van der Waals surface area (Å²) >= 11 is 1.34. The highest BCUT2D eigenvalue weighted by molar-refractivity contribution is 7.99. The maximum Gasteiger partial charge on any atom is 0.461 e. The van der Waals surface area contributed by atoms with Gasteiger partial charge in [-0.2, -0.15) is 17.6 Å². The maximum atomic E-state index is 13.1. The minimum Gasteiger partial charge on any atom is -0.428 e. The molecule has 2 aromatic rings. The maximum absolute atomic E-state index is 13.1. The summed E-state index contributed by atoms with van der Waals surface area (Å²) in [7, 11) is 1.93. The second-order valence-corrected chi connectivity index (χ2v) is 7.38. The van der Waals surface area contributed by atoms with Crippen molar-refractivity contribution in [2.75, 3.05) is 13.6 Å². The van der Waals surface area contributed by atoms with E-state index in [2.05, 4.69) is 9.73 Å². The molecule has 0 fully saturated rings. The molecule has 0 amide bonds. The van der Waals surface area contributed by atoms with Crippen molar-refractivity contribution in [3.8, 4) is 5.75 Å². The third-order valence-corrected chi connectivity index (χ3v) is 5.08. The molecule has 2 rings (SSSR count). The van der Waals surface area contributed by atoms with Gasteiger partial charge in [-0.05, 0) is 62.2 Å². The van der Waals surface area contributed by atoms with E-state index >= 15 is 0 Å². The third kappa shape index (κ3) is 5.89. The van der Waals surface area contributed by atoms with Crippen LogP contribution in [0.3, 0.4) is 0 Å². The molecule has 0 aliphatic carbocycles. The number of halogens is 4. The van der Waals surface area contributed by atoms with Crippen molar-refractivity contribution in [2.45, 2.75) is 43.1 Å². The summed E-state index contributed by atoms with van der Waals surface area (Å²) in [6.07, 6.45) is -6.66. The van der Waals surface area contributed by atoms with Crippen LogP contribution in [0.5, 0.6) is 5.75 Å². The van der Waals surface area contributed by atoms with E-state index in [4.69, 9.17) is 0 Å². The van der Waals surface area contributed by atoms with Gasteiger partial charge in [0.25, 0.3) is 0 Å². The fourth-order valence-electron chi connectivity index (χ4n) is 2.20. The van der Waals surface area contributed by atoms with Gasteiger partial charge in [0.05, 0.1) is 12.0 Å². The zero-order valence-corrected chi connectivity index (χ0v) is 16.9. The first-order chi connectivity index (χ1) is 13.1. The van der Waals surface area contributed by atoms with Gasteiger partial charge in [-0.3, -0.25) is 0 Å². The van der Waals surface area contributed by atoms with Crippen LogP contribution >= 0.6 is 11.8 Å². The Bertz CT molecular complexity index is 843. The molecule has 0 saturated heterocycles. The first kappa shape index (κ1) is 22.1. The third-order valence-electron chi connectivity index (χ3n) is 3.93. The van der Waals surface area contributed by atoms with Gasteiger partial charge in [-0.15, -0.1) is 0 Å². The molecule has 3 nitrogen and oxygen atoms in total. The summed E-state index contributed by atoms with van der Waals surface area (Å²) in [5.41, 5.74) is 2.77. The van der Waals surface area contributed by atoms with Gasteiger partial charge in [0.2, 0.25) is 0 Å². The number of rotatable bonds is 8. The molecule has 0 spiro atoms. The van der Waals surface area contributed by atoms with Crippen LogP contribution in [0.25, 0.3) is 0 Å². The summed E-state index contributed by atoms with van der Waals surface area (Å²) in [5, 5.41) is 0. The van der Waals surface area contributed by atoms with E-state index in [0.717, 1.165) is 28.3 Å². The minimum atomic E-state index is -4.53. The quantitative estimate of drug-likeness (QED) is 0.288. The molecule has 0 N–H and O–H groups in total. The summed E-state index contributed by atoms with van der Waals surface area (Å²) < 4.78 is 55.0. The molecule has 28 heavy (non-hydrogen) atoms. The van der Waals surface area contributed by atoms with Crippen molar-refractivity contribution in [1.29, 1.82) is 0 Å². The van der Waals surface area contributed by atoms with Gasteiger partial charge in [0.15, 0.2) is 0 Å². The smallest absolute Gasteiger partial charge is 0.428 e. The molecule has 0 bridgehead atoms. The van der Waals surface area contributed by atoms with Crippen molar-refractivity contribution in [3.05, 3.63) is 47.5 Å². The molecule has 0 aliphatic heterocycles. The van der Waals surface area contributed by atoms with E-state index in [1.165, 1.54) is 30.0 Å². The topological polar surface area (TPSA) is 24.8 Å². The van der Waals surface area contributed by atoms with Crippen LogP contribution in [0.2, 0.25) is 0 Å². The Hall–Kier alpha value is -2.22. The number of alkyl halides is 4. The predicted molar refractivity (Wildman–Crippen MR) is 105 cm³/mol. The molecule has 8 heteroatoms. The zero-order valence-electron chi connectivity index (χ0n) is 16.0. The lowest BCUT2D eigenvalue weighted by molar-refractivity contribution is -0.253. The van der Waals surface area contributed by atoms with Gasteiger partial charge in [-0.1, -0.05) is 17.8 Å². The Kier molecular flexibility index (Phi) is 7.35. The first-order valence-corrected chi connectivity index (χ1v) is 9.42. The zero-order chi connectivity index (χ0) is 20.9. The predicted octanol–water partition coefficient (Wildman–Crippen LogP) is 6.30. The Balaban J connectivity index is 2.21. The van der Waals surface area contributed by atoms with Crippen LogP contribution < -0.4 is 4.74 Å². The van der Waals surface area contributed by atoms with Gasteiger partial charge in [-0.25, -0.2) is 4.99 Å². The summed E-state index contributed by atoms with van der Waals surface area (Å²) in [4.78, 5) is 7.95. The van der Waals surface area contributed by atoms with Crippen LogP contribution in [-0.4, -0.2) is 37.4 Å².